The Labute approximate surface area is 171 Å². The van der Waals surface area contributed by atoms with Crippen LogP contribution in [0.15, 0.2) is 89.9 Å². The first-order valence-corrected chi connectivity index (χ1v) is 9.26. The van der Waals surface area contributed by atoms with E-state index in [1.807, 2.05) is 54.6 Å². The smallest absolute Gasteiger partial charge is 0.256 e. The number of fused-ring (bicyclic) bond motifs is 1. The van der Waals surface area contributed by atoms with Gasteiger partial charge in [0.2, 0.25) is 12.3 Å². The number of anilines is 1. The molecule has 2 aromatic carbocycles. The van der Waals surface area contributed by atoms with Crippen molar-refractivity contribution < 1.29 is 9.21 Å². The summed E-state index contributed by atoms with van der Waals surface area (Å²) in [6.45, 7) is 0. The summed E-state index contributed by atoms with van der Waals surface area (Å²) >= 11 is 0. The third-order valence-corrected chi connectivity index (χ3v) is 4.65. The van der Waals surface area contributed by atoms with Crippen LogP contribution in [0, 0.1) is 0 Å². The topological polar surface area (TPSA) is 93.8 Å². The van der Waals surface area contributed by atoms with Gasteiger partial charge < -0.3 is 9.73 Å². The van der Waals surface area contributed by atoms with Gasteiger partial charge in [0.05, 0.1) is 16.8 Å². The van der Waals surface area contributed by atoms with Crippen LogP contribution >= 0.6 is 0 Å². The van der Waals surface area contributed by atoms with Gasteiger partial charge in [-0.2, -0.15) is 0 Å². The molecule has 7 nitrogen and oxygen atoms in total. The van der Waals surface area contributed by atoms with Crippen LogP contribution in [0.1, 0.15) is 10.4 Å². The van der Waals surface area contributed by atoms with Crippen molar-refractivity contribution >= 4 is 22.5 Å². The number of hydrogen-bond acceptors (Lipinski definition) is 6. The van der Waals surface area contributed by atoms with Crippen molar-refractivity contribution in [3.8, 4) is 22.7 Å². The standard InChI is InChI=1S/C23H15N5O2/c29-22(26-17-7-3-5-15(11-17)23-28-25-14-30-23)19-12-21(16-6-4-10-24-13-16)27-20-9-2-1-8-18(19)20/h1-14H,(H,26,29). The number of amides is 1. The van der Waals surface area contributed by atoms with Gasteiger partial charge in [0, 0.05) is 34.6 Å². The molecule has 0 aliphatic carbocycles. The van der Waals surface area contributed by atoms with Gasteiger partial charge in [-0.05, 0) is 42.5 Å². The summed E-state index contributed by atoms with van der Waals surface area (Å²) in [5, 5.41) is 11.3. The fourth-order valence-corrected chi connectivity index (χ4v) is 3.25. The van der Waals surface area contributed by atoms with Crippen molar-refractivity contribution in [1.82, 2.24) is 20.2 Å². The monoisotopic (exact) mass is 393 g/mol. The molecule has 0 saturated heterocycles. The Bertz CT molecular complexity index is 1330. The van der Waals surface area contributed by atoms with E-state index in [0.717, 1.165) is 22.0 Å². The third-order valence-electron chi connectivity index (χ3n) is 4.65. The molecule has 3 heterocycles. The minimum atomic E-state index is -0.235. The zero-order chi connectivity index (χ0) is 20.3. The molecule has 0 fully saturated rings. The van der Waals surface area contributed by atoms with Gasteiger partial charge >= 0.3 is 0 Å². The fourth-order valence-electron chi connectivity index (χ4n) is 3.25. The minimum absolute atomic E-state index is 0.235. The lowest BCUT2D eigenvalue weighted by Crippen LogP contribution is -2.13. The highest BCUT2D eigenvalue weighted by Crippen LogP contribution is 2.26. The number of carbonyl (C=O) groups is 1. The van der Waals surface area contributed by atoms with Gasteiger partial charge in [-0.3, -0.25) is 9.78 Å². The second kappa shape index (κ2) is 7.56. The van der Waals surface area contributed by atoms with Gasteiger partial charge in [0.15, 0.2) is 0 Å². The van der Waals surface area contributed by atoms with Crippen LogP contribution in [0.4, 0.5) is 5.69 Å². The molecule has 0 saturated carbocycles. The Morgan fingerprint density at radius 2 is 1.83 bits per heavy atom. The van der Waals surface area contributed by atoms with Crippen LogP contribution < -0.4 is 5.32 Å². The van der Waals surface area contributed by atoms with E-state index in [1.165, 1.54) is 6.39 Å². The molecular formula is C23H15N5O2. The molecule has 1 amide bonds. The van der Waals surface area contributed by atoms with Gasteiger partial charge in [-0.1, -0.05) is 24.3 Å². The molecule has 7 heteroatoms. The highest BCUT2D eigenvalue weighted by molar-refractivity contribution is 6.13. The zero-order valence-electron chi connectivity index (χ0n) is 15.7. The van der Waals surface area contributed by atoms with E-state index in [1.54, 1.807) is 24.5 Å². The van der Waals surface area contributed by atoms with E-state index < -0.39 is 0 Å². The Kier molecular flexibility index (Phi) is 4.46. The first-order chi connectivity index (χ1) is 14.8. The highest BCUT2D eigenvalue weighted by Gasteiger charge is 2.15. The molecule has 0 atom stereocenters. The van der Waals surface area contributed by atoms with E-state index >= 15 is 0 Å². The maximum atomic E-state index is 13.2. The minimum Gasteiger partial charge on any atom is -0.423 e. The van der Waals surface area contributed by atoms with Crippen molar-refractivity contribution in [1.29, 1.82) is 0 Å². The Balaban J connectivity index is 1.54. The van der Waals surface area contributed by atoms with Crippen LogP contribution in [-0.2, 0) is 0 Å². The summed E-state index contributed by atoms with van der Waals surface area (Å²) in [6, 6.07) is 20.4. The summed E-state index contributed by atoms with van der Waals surface area (Å²) < 4.78 is 5.24. The molecule has 3 aromatic heterocycles. The molecule has 0 aliphatic heterocycles. The number of aromatic nitrogens is 4. The van der Waals surface area contributed by atoms with Crippen LogP contribution in [0.5, 0.6) is 0 Å². The molecule has 0 radical (unpaired) electrons. The van der Waals surface area contributed by atoms with E-state index in [4.69, 9.17) is 9.40 Å². The SMILES string of the molecule is O=C(Nc1cccc(-c2nnco2)c1)c1cc(-c2cccnc2)nc2ccccc12. The Morgan fingerprint density at radius 1 is 0.933 bits per heavy atom. The maximum absolute atomic E-state index is 13.2. The fraction of sp³-hybridized carbons (Fsp3) is 0. The number of benzene rings is 2. The number of pyridine rings is 2. The third kappa shape index (κ3) is 3.40. The van der Waals surface area contributed by atoms with Gasteiger partial charge in [0.1, 0.15) is 0 Å². The summed E-state index contributed by atoms with van der Waals surface area (Å²) in [7, 11) is 0. The molecule has 0 aliphatic rings. The number of nitrogens with one attached hydrogen (secondary N) is 1. The summed E-state index contributed by atoms with van der Waals surface area (Å²) in [4.78, 5) is 22.1. The van der Waals surface area contributed by atoms with E-state index in [9.17, 15) is 4.79 Å². The van der Waals surface area contributed by atoms with Crippen LogP contribution in [0.25, 0.3) is 33.6 Å². The first-order valence-electron chi connectivity index (χ1n) is 9.26. The van der Waals surface area contributed by atoms with Crippen LogP contribution in [0.2, 0.25) is 0 Å². The van der Waals surface area contributed by atoms with Gasteiger partial charge in [-0.15, -0.1) is 10.2 Å². The largest absolute Gasteiger partial charge is 0.423 e. The van der Waals surface area contributed by atoms with E-state index in [-0.39, 0.29) is 5.91 Å². The molecule has 5 rings (SSSR count). The molecule has 144 valence electrons. The number of carbonyl (C=O) groups excluding carboxylic acids is 1. The van der Waals surface area contributed by atoms with E-state index in [0.29, 0.717) is 22.8 Å². The second-order valence-corrected chi connectivity index (χ2v) is 6.59. The lowest BCUT2D eigenvalue weighted by atomic mass is 10.0. The Morgan fingerprint density at radius 3 is 2.67 bits per heavy atom. The predicted molar refractivity (Wildman–Crippen MR) is 113 cm³/mol. The van der Waals surface area contributed by atoms with Crippen molar-refractivity contribution in [3.05, 3.63) is 91.1 Å². The molecule has 0 spiro atoms. The summed E-state index contributed by atoms with van der Waals surface area (Å²) in [6.07, 6.45) is 4.70. The molecule has 5 aromatic rings. The second-order valence-electron chi connectivity index (χ2n) is 6.59. The van der Waals surface area contributed by atoms with Gasteiger partial charge in [0.25, 0.3) is 5.91 Å². The quantitative estimate of drug-likeness (QED) is 0.480. The van der Waals surface area contributed by atoms with Gasteiger partial charge in [-0.25, -0.2) is 4.98 Å². The zero-order valence-corrected chi connectivity index (χ0v) is 15.7. The summed E-state index contributed by atoms with van der Waals surface area (Å²) in [5.74, 6) is 0.153. The molecular weight excluding hydrogens is 378 g/mol. The number of rotatable bonds is 4. The van der Waals surface area contributed by atoms with Crippen molar-refractivity contribution in [3.63, 3.8) is 0 Å². The van der Waals surface area contributed by atoms with Crippen molar-refractivity contribution in [2.24, 2.45) is 0 Å². The lowest BCUT2D eigenvalue weighted by molar-refractivity contribution is 0.102. The number of hydrogen-bond donors (Lipinski definition) is 1. The number of nitrogens with zero attached hydrogens (tertiary/aromatic N) is 4. The maximum Gasteiger partial charge on any atom is 0.256 e. The first kappa shape index (κ1) is 17.7. The van der Waals surface area contributed by atoms with Crippen LogP contribution in [0.3, 0.4) is 0 Å². The van der Waals surface area contributed by atoms with Crippen LogP contribution in [-0.4, -0.2) is 26.1 Å². The predicted octanol–water partition coefficient (Wildman–Crippen LogP) is 4.60. The average Bonchev–Trinajstić information content (AvgIpc) is 3.34. The highest BCUT2D eigenvalue weighted by atomic mass is 16.4. The lowest BCUT2D eigenvalue weighted by Gasteiger charge is -2.11. The van der Waals surface area contributed by atoms with Crippen molar-refractivity contribution in [2.45, 2.75) is 0 Å². The molecule has 0 unspecified atom stereocenters. The summed E-state index contributed by atoms with van der Waals surface area (Å²) in [5.41, 5.74) is 4.15. The van der Waals surface area contributed by atoms with E-state index in [2.05, 4.69) is 20.5 Å². The Hall–Kier alpha value is -4.39. The normalized spacial score (nSPS) is 10.8. The molecule has 30 heavy (non-hydrogen) atoms. The van der Waals surface area contributed by atoms with Crippen molar-refractivity contribution in [2.75, 3.05) is 5.32 Å². The molecule has 0 bridgehead atoms. The number of para-hydroxylation sites is 1. The molecule has 1 N–H and O–H groups in total. The average molecular weight is 393 g/mol.